The second-order valence-corrected chi connectivity index (χ2v) is 4.83. The van der Waals surface area contributed by atoms with Crippen LogP contribution in [-0.4, -0.2) is 10.8 Å². The minimum Gasteiger partial charge on any atom is -0.299 e. The van der Waals surface area contributed by atoms with Crippen molar-refractivity contribution in [2.24, 2.45) is 5.92 Å². The Hall–Kier alpha value is -1.70. The lowest BCUT2D eigenvalue weighted by atomic mass is 9.97. The Labute approximate surface area is 108 Å². The van der Waals surface area contributed by atoms with Crippen molar-refractivity contribution in [3.8, 4) is 0 Å². The molecule has 2 nitrogen and oxygen atoms in total. The van der Waals surface area contributed by atoms with Gasteiger partial charge in [-0.2, -0.15) is 0 Å². The van der Waals surface area contributed by atoms with Crippen LogP contribution in [-0.2, 0) is 11.2 Å². The topological polar surface area (TPSA) is 30.0 Å². The first-order valence-electron chi connectivity index (χ1n) is 6.58. The van der Waals surface area contributed by atoms with Gasteiger partial charge in [-0.1, -0.05) is 44.5 Å². The van der Waals surface area contributed by atoms with E-state index in [0.29, 0.717) is 12.2 Å². The molecule has 0 fully saturated rings. The van der Waals surface area contributed by atoms with Crippen LogP contribution in [0.15, 0.2) is 36.4 Å². The first-order chi connectivity index (χ1) is 8.70. The molecule has 0 radical (unpaired) electrons. The fourth-order valence-electron chi connectivity index (χ4n) is 2.15. The van der Waals surface area contributed by atoms with E-state index in [1.54, 1.807) is 0 Å². The molecule has 2 aromatic rings. The number of carbonyl (C=O) groups is 1. The second kappa shape index (κ2) is 5.76. The minimum absolute atomic E-state index is 0.142. The number of pyridine rings is 1. The molecule has 1 heterocycles. The second-order valence-electron chi connectivity index (χ2n) is 4.83. The van der Waals surface area contributed by atoms with Crippen LogP contribution in [0, 0.1) is 5.92 Å². The molecule has 1 unspecified atom stereocenters. The Kier molecular flexibility index (Phi) is 4.08. The van der Waals surface area contributed by atoms with Crippen molar-refractivity contribution in [2.45, 2.75) is 33.1 Å². The summed E-state index contributed by atoms with van der Waals surface area (Å²) in [5.74, 6) is 0.433. The van der Waals surface area contributed by atoms with Gasteiger partial charge < -0.3 is 0 Å². The molecular weight excluding hydrogens is 222 g/mol. The highest BCUT2D eigenvalue weighted by Gasteiger charge is 2.13. The summed E-state index contributed by atoms with van der Waals surface area (Å²) in [6, 6.07) is 12.0. The number of hydrogen-bond acceptors (Lipinski definition) is 2. The number of nitrogens with zero attached hydrogens (tertiary/aromatic N) is 1. The summed E-state index contributed by atoms with van der Waals surface area (Å²) in [6.07, 6.45) is 2.47. The molecule has 2 rings (SSSR count). The predicted octanol–water partition coefficient (Wildman–Crippen LogP) is 3.78. The maximum absolute atomic E-state index is 12.0. The number of benzene rings is 1. The van der Waals surface area contributed by atoms with Gasteiger partial charge >= 0.3 is 0 Å². The van der Waals surface area contributed by atoms with Crippen LogP contribution >= 0.6 is 0 Å². The molecule has 0 spiro atoms. The molecule has 0 aliphatic rings. The predicted molar refractivity (Wildman–Crippen MR) is 74.5 cm³/mol. The Morgan fingerprint density at radius 3 is 2.78 bits per heavy atom. The lowest BCUT2D eigenvalue weighted by Gasteiger charge is -2.08. The molecule has 0 saturated heterocycles. The number of rotatable bonds is 5. The number of para-hydroxylation sites is 1. The zero-order valence-corrected chi connectivity index (χ0v) is 11.0. The van der Waals surface area contributed by atoms with Gasteiger partial charge in [0.25, 0.3) is 0 Å². The fraction of sp³-hybridized carbons (Fsp3) is 0.375. The molecular formula is C16H19NO. The summed E-state index contributed by atoms with van der Waals surface area (Å²) in [4.78, 5) is 16.5. The molecule has 0 saturated carbocycles. The average molecular weight is 241 g/mol. The number of hydrogen-bond donors (Lipinski definition) is 0. The molecule has 0 aliphatic heterocycles. The van der Waals surface area contributed by atoms with Crippen LogP contribution in [0.2, 0.25) is 0 Å². The third-order valence-corrected chi connectivity index (χ3v) is 3.28. The lowest BCUT2D eigenvalue weighted by molar-refractivity contribution is -0.121. The Balaban J connectivity index is 2.14. The number of fused-ring (bicyclic) bond motifs is 1. The zero-order valence-electron chi connectivity index (χ0n) is 11.0. The van der Waals surface area contributed by atoms with Crippen molar-refractivity contribution in [1.82, 2.24) is 4.98 Å². The quantitative estimate of drug-likeness (QED) is 0.797. The van der Waals surface area contributed by atoms with Crippen LogP contribution in [0.3, 0.4) is 0 Å². The molecule has 0 N–H and O–H groups in total. The largest absolute Gasteiger partial charge is 0.299 e. The van der Waals surface area contributed by atoms with Crippen LogP contribution in [0.5, 0.6) is 0 Å². The standard InChI is InChI=1S/C16H19NO/c1-3-6-12(2)16(18)11-14-10-9-13-7-4-5-8-15(13)17-14/h4-5,7-10,12H,3,6,11H2,1-2H3. The number of Topliss-reactive ketones (excluding diaryl/α,β-unsaturated/α-hetero) is 1. The van der Waals surface area contributed by atoms with Gasteiger partial charge in [0.05, 0.1) is 5.52 Å². The maximum Gasteiger partial charge on any atom is 0.141 e. The van der Waals surface area contributed by atoms with Gasteiger partial charge in [-0.15, -0.1) is 0 Å². The van der Waals surface area contributed by atoms with Crippen LogP contribution in [0.4, 0.5) is 0 Å². The molecule has 1 atom stereocenters. The van der Waals surface area contributed by atoms with Crippen molar-refractivity contribution >= 4 is 16.7 Å². The van der Waals surface area contributed by atoms with Crippen molar-refractivity contribution in [1.29, 1.82) is 0 Å². The van der Waals surface area contributed by atoms with E-state index in [2.05, 4.69) is 11.9 Å². The van der Waals surface area contributed by atoms with E-state index in [1.807, 2.05) is 43.3 Å². The summed E-state index contributed by atoms with van der Waals surface area (Å²) in [6.45, 7) is 4.12. The monoisotopic (exact) mass is 241 g/mol. The van der Waals surface area contributed by atoms with Crippen LogP contribution in [0.25, 0.3) is 10.9 Å². The number of carbonyl (C=O) groups excluding carboxylic acids is 1. The summed E-state index contributed by atoms with van der Waals surface area (Å²) < 4.78 is 0. The van der Waals surface area contributed by atoms with Crippen LogP contribution < -0.4 is 0 Å². The Morgan fingerprint density at radius 1 is 1.22 bits per heavy atom. The smallest absolute Gasteiger partial charge is 0.141 e. The van der Waals surface area contributed by atoms with Gasteiger partial charge in [0, 0.05) is 23.4 Å². The highest BCUT2D eigenvalue weighted by atomic mass is 16.1. The van der Waals surface area contributed by atoms with Gasteiger partial charge in [-0.05, 0) is 18.6 Å². The summed E-state index contributed by atoms with van der Waals surface area (Å²) in [5, 5.41) is 1.12. The minimum atomic E-state index is 0.142. The van der Waals surface area contributed by atoms with Crippen molar-refractivity contribution in [2.75, 3.05) is 0 Å². The summed E-state index contributed by atoms with van der Waals surface area (Å²) in [5.41, 5.74) is 1.84. The van der Waals surface area contributed by atoms with Gasteiger partial charge in [0.15, 0.2) is 0 Å². The van der Waals surface area contributed by atoms with Crippen molar-refractivity contribution < 1.29 is 4.79 Å². The highest BCUT2D eigenvalue weighted by molar-refractivity contribution is 5.84. The molecule has 1 aromatic carbocycles. The number of aromatic nitrogens is 1. The summed E-state index contributed by atoms with van der Waals surface area (Å²) in [7, 11) is 0. The van der Waals surface area contributed by atoms with Crippen LogP contribution in [0.1, 0.15) is 32.4 Å². The molecule has 94 valence electrons. The van der Waals surface area contributed by atoms with Crippen molar-refractivity contribution in [3.05, 3.63) is 42.1 Å². The Bertz CT molecular complexity index is 548. The molecule has 1 aromatic heterocycles. The van der Waals surface area contributed by atoms with E-state index in [-0.39, 0.29) is 5.92 Å². The lowest BCUT2D eigenvalue weighted by Crippen LogP contribution is -2.14. The normalized spacial score (nSPS) is 12.6. The number of ketones is 1. The first kappa shape index (κ1) is 12.7. The Morgan fingerprint density at radius 2 is 2.00 bits per heavy atom. The van der Waals surface area contributed by atoms with E-state index in [1.165, 1.54) is 0 Å². The first-order valence-corrected chi connectivity index (χ1v) is 6.58. The molecule has 0 bridgehead atoms. The SMILES string of the molecule is CCCC(C)C(=O)Cc1ccc2ccccc2n1. The van der Waals surface area contributed by atoms with E-state index in [0.717, 1.165) is 29.4 Å². The molecule has 18 heavy (non-hydrogen) atoms. The summed E-state index contributed by atoms with van der Waals surface area (Å²) >= 11 is 0. The van der Waals surface area contributed by atoms with E-state index in [4.69, 9.17) is 0 Å². The average Bonchev–Trinajstić information content (AvgIpc) is 2.39. The van der Waals surface area contributed by atoms with Gasteiger partial charge in [0.1, 0.15) is 5.78 Å². The third kappa shape index (κ3) is 2.95. The fourth-order valence-corrected chi connectivity index (χ4v) is 2.15. The van der Waals surface area contributed by atoms with Crippen molar-refractivity contribution in [3.63, 3.8) is 0 Å². The van der Waals surface area contributed by atoms with E-state index in [9.17, 15) is 4.79 Å². The van der Waals surface area contributed by atoms with E-state index < -0.39 is 0 Å². The molecule has 0 aliphatic carbocycles. The zero-order chi connectivity index (χ0) is 13.0. The molecule has 2 heteroatoms. The van der Waals surface area contributed by atoms with Gasteiger partial charge in [0.2, 0.25) is 0 Å². The maximum atomic E-state index is 12.0. The third-order valence-electron chi connectivity index (χ3n) is 3.28. The molecule has 0 amide bonds. The van der Waals surface area contributed by atoms with Gasteiger partial charge in [-0.25, -0.2) is 0 Å². The van der Waals surface area contributed by atoms with Gasteiger partial charge in [-0.3, -0.25) is 9.78 Å². The highest BCUT2D eigenvalue weighted by Crippen LogP contribution is 2.14. The van der Waals surface area contributed by atoms with E-state index >= 15 is 0 Å².